The van der Waals surface area contributed by atoms with Crippen LogP contribution in [0.2, 0.25) is 0 Å². The fourth-order valence-corrected chi connectivity index (χ4v) is 4.26. The van der Waals surface area contributed by atoms with Crippen LogP contribution in [0.3, 0.4) is 0 Å². The molecule has 0 spiro atoms. The average molecular weight is 402 g/mol. The van der Waals surface area contributed by atoms with Crippen LogP contribution in [0.1, 0.15) is 51.9 Å². The molecule has 4 rings (SSSR count). The van der Waals surface area contributed by atoms with E-state index in [1.165, 1.54) is 0 Å². The second kappa shape index (κ2) is 8.27. The highest BCUT2D eigenvalue weighted by atomic mass is 16.2. The summed E-state index contributed by atoms with van der Waals surface area (Å²) in [6.45, 7) is 6.25. The summed E-state index contributed by atoms with van der Waals surface area (Å²) in [7, 11) is 0. The van der Waals surface area contributed by atoms with E-state index in [4.69, 9.17) is 0 Å². The second-order valence-electron chi connectivity index (χ2n) is 8.21. The van der Waals surface area contributed by atoms with Crippen LogP contribution in [0.15, 0.2) is 54.7 Å². The largest absolute Gasteiger partial charge is 0.329 e. The maximum atomic E-state index is 12.8. The van der Waals surface area contributed by atoms with Gasteiger partial charge < -0.3 is 10.2 Å². The first-order valence-corrected chi connectivity index (χ1v) is 10.4. The minimum Gasteiger partial charge on any atom is -0.329 e. The molecule has 0 saturated carbocycles. The number of nitrogens with zero attached hydrogens (tertiary/aromatic N) is 1. The van der Waals surface area contributed by atoms with E-state index in [0.29, 0.717) is 49.9 Å². The van der Waals surface area contributed by atoms with Crippen LogP contribution in [0.4, 0.5) is 0 Å². The van der Waals surface area contributed by atoms with Crippen molar-refractivity contribution in [1.29, 1.82) is 0 Å². The maximum absolute atomic E-state index is 12.8. The van der Waals surface area contributed by atoms with Gasteiger partial charge in [-0.15, -0.1) is 0 Å². The van der Waals surface area contributed by atoms with Crippen LogP contribution in [-0.4, -0.2) is 28.5 Å². The lowest BCUT2D eigenvalue weighted by atomic mass is 9.98. The Balaban J connectivity index is 1.39. The van der Waals surface area contributed by atoms with Crippen LogP contribution in [0, 0.1) is 6.92 Å². The van der Waals surface area contributed by atoms with E-state index in [0.717, 1.165) is 22.3 Å². The first-order chi connectivity index (χ1) is 14.4. The van der Waals surface area contributed by atoms with Gasteiger partial charge in [-0.3, -0.25) is 14.4 Å². The molecule has 2 aliphatic rings. The predicted molar refractivity (Wildman–Crippen MR) is 115 cm³/mol. The van der Waals surface area contributed by atoms with Crippen LogP contribution < -0.4 is 5.32 Å². The fourth-order valence-electron chi connectivity index (χ4n) is 4.26. The van der Waals surface area contributed by atoms with Gasteiger partial charge in [0, 0.05) is 30.6 Å². The van der Waals surface area contributed by atoms with Crippen molar-refractivity contribution in [3.63, 3.8) is 0 Å². The summed E-state index contributed by atoms with van der Waals surface area (Å²) in [6.07, 6.45) is 2.86. The number of fused-ring (bicyclic) bond motifs is 1. The number of carbonyl (C=O) groups is 3. The van der Waals surface area contributed by atoms with Gasteiger partial charge in [0.25, 0.3) is 5.91 Å². The zero-order chi connectivity index (χ0) is 21.3. The number of Topliss-reactive ketones (excluding diaryl/α,β-unsaturated/α-hetero) is 1. The van der Waals surface area contributed by atoms with E-state index in [1.54, 1.807) is 4.90 Å². The number of hydrogen-bond donors (Lipinski definition) is 1. The lowest BCUT2D eigenvalue weighted by Gasteiger charge is -2.30. The summed E-state index contributed by atoms with van der Waals surface area (Å²) in [6, 6.07) is 13.3. The lowest BCUT2D eigenvalue weighted by molar-refractivity contribution is -0.126. The summed E-state index contributed by atoms with van der Waals surface area (Å²) in [5, 5.41) is 2.76. The van der Waals surface area contributed by atoms with Gasteiger partial charge in [-0.05, 0) is 54.5 Å². The number of carbonyl (C=O) groups excluding carboxylic acids is 3. The summed E-state index contributed by atoms with van der Waals surface area (Å²) in [5.41, 5.74) is 5.55. The van der Waals surface area contributed by atoms with Gasteiger partial charge in [-0.25, -0.2) is 0 Å². The maximum Gasteiger partial charge on any atom is 0.255 e. The number of benzene rings is 2. The highest BCUT2D eigenvalue weighted by Crippen LogP contribution is 2.29. The summed E-state index contributed by atoms with van der Waals surface area (Å²) in [4.78, 5) is 39.2. The van der Waals surface area contributed by atoms with Gasteiger partial charge in [-0.1, -0.05) is 43.0 Å². The highest BCUT2D eigenvalue weighted by molar-refractivity contribution is 6.01. The molecule has 2 aromatic rings. The minimum atomic E-state index is -0.450. The number of amides is 2. The van der Waals surface area contributed by atoms with Gasteiger partial charge in [0.05, 0.1) is 0 Å². The van der Waals surface area contributed by atoms with Gasteiger partial charge >= 0.3 is 0 Å². The number of piperidine rings is 1. The van der Waals surface area contributed by atoms with E-state index >= 15 is 0 Å². The Hall–Kier alpha value is -3.21. The van der Waals surface area contributed by atoms with E-state index < -0.39 is 6.04 Å². The molecule has 2 aromatic carbocycles. The Bertz CT molecular complexity index is 1040. The van der Waals surface area contributed by atoms with E-state index in [1.807, 2.05) is 49.4 Å². The second-order valence-corrected chi connectivity index (χ2v) is 8.21. The van der Waals surface area contributed by atoms with Gasteiger partial charge in [0.2, 0.25) is 5.91 Å². The van der Waals surface area contributed by atoms with Crippen molar-refractivity contribution in [2.24, 2.45) is 0 Å². The number of hydrogen-bond acceptors (Lipinski definition) is 3. The zero-order valence-corrected chi connectivity index (χ0v) is 17.2. The Morgan fingerprint density at radius 2 is 2.00 bits per heavy atom. The molecule has 1 N–H and O–H groups in total. The number of aryl methyl sites for hydroxylation is 2. The third-order valence-electron chi connectivity index (χ3n) is 6.04. The summed E-state index contributed by atoms with van der Waals surface area (Å²) >= 11 is 0. The van der Waals surface area contributed by atoms with Crippen molar-refractivity contribution >= 4 is 17.6 Å². The van der Waals surface area contributed by atoms with Crippen molar-refractivity contribution in [3.05, 3.63) is 82.6 Å². The molecule has 154 valence electrons. The summed E-state index contributed by atoms with van der Waals surface area (Å²) < 4.78 is 0. The molecule has 30 heavy (non-hydrogen) atoms. The molecule has 1 atom stereocenters. The Morgan fingerprint density at radius 3 is 2.77 bits per heavy atom. The van der Waals surface area contributed by atoms with Gasteiger partial charge in [-0.2, -0.15) is 0 Å². The van der Waals surface area contributed by atoms with Gasteiger partial charge in [0.1, 0.15) is 11.8 Å². The first kappa shape index (κ1) is 20.1. The molecule has 1 fully saturated rings. The van der Waals surface area contributed by atoms with Crippen molar-refractivity contribution < 1.29 is 14.4 Å². The lowest BCUT2D eigenvalue weighted by Crippen LogP contribution is -2.49. The van der Waals surface area contributed by atoms with Crippen LogP contribution in [0.25, 0.3) is 0 Å². The quantitative estimate of drug-likeness (QED) is 0.804. The molecule has 5 heteroatoms. The molecule has 2 aliphatic heterocycles. The average Bonchev–Trinajstić information content (AvgIpc) is 3.04. The molecule has 1 unspecified atom stereocenters. The van der Waals surface area contributed by atoms with Crippen LogP contribution in [-0.2, 0) is 29.0 Å². The number of nitrogens with one attached hydrogen (secondary N) is 1. The summed E-state index contributed by atoms with van der Waals surface area (Å²) in [5.74, 6) is -0.0455. The molecule has 2 heterocycles. The molecule has 0 aliphatic carbocycles. The third kappa shape index (κ3) is 4.06. The van der Waals surface area contributed by atoms with Gasteiger partial charge in [0.15, 0.2) is 0 Å². The molecular weight excluding hydrogens is 376 g/mol. The van der Waals surface area contributed by atoms with Crippen molar-refractivity contribution in [2.45, 2.75) is 51.6 Å². The molecule has 5 nitrogen and oxygen atoms in total. The van der Waals surface area contributed by atoms with E-state index in [9.17, 15) is 14.4 Å². The first-order valence-electron chi connectivity index (χ1n) is 10.4. The normalized spacial score (nSPS) is 18.4. The SMILES string of the molecule is C=C1CCC(N2Cc3cc(CCC(=O)Cc4ccccc4C)ccc3C2=O)C(=O)N1. The Labute approximate surface area is 176 Å². The third-order valence-corrected chi connectivity index (χ3v) is 6.04. The smallest absolute Gasteiger partial charge is 0.255 e. The molecule has 2 amide bonds. The topological polar surface area (TPSA) is 66.5 Å². The Morgan fingerprint density at radius 1 is 1.20 bits per heavy atom. The monoisotopic (exact) mass is 402 g/mol. The Kier molecular flexibility index (Phi) is 5.53. The molecular formula is C25H26N2O3. The number of allylic oxidation sites excluding steroid dienone is 1. The van der Waals surface area contributed by atoms with Crippen LogP contribution >= 0.6 is 0 Å². The highest BCUT2D eigenvalue weighted by Gasteiger charge is 2.38. The van der Waals surface area contributed by atoms with E-state index in [2.05, 4.69) is 11.9 Å². The van der Waals surface area contributed by atoms with Crippen molar-refractivity contribution in [2.75, 3.05) is 0 Å². The standard InChI is InChI=1S/C25H26N2O3/c1-16-5-3-4-6-19(16)14-21(28)10-8-18-9-11-22-20(13-18)15-27(25(22)30)23-12-7-17(2)26-24(23)29/h3-6,9,11,13,23H,2,7-8,10,12,14-15H2,1H3,(H,26,29). The minimum absolute atomic E-state index is 0.0974. The molecule has 0 aromatic heterocycles. The predicted octanol–water partition coefficient (Wildman–Crippen LogP) is 3.49. The van der Waals surface area contributed by atoms with Crippen LogP contribution in [0.5, 0.6) is 0 Å². The zero-order valence-electron chi connectivity index (χ0n) is 17.2. The van der Waals surface area contributed by atoms with Crippen molar-refractivity contribution in [1.82, 2.24) is 10.2 Å². The number of ketones is 1. The molecule has 1 saturated heterocycles. The fraction of sp³-hybridized carbons (Fsp3) is 0.320. The molecule has 0 bridgehead atoms. The molecule has 0 radical (unpaired) electrons. The van der Waals surface area contributed by atoms with Crippen molar-refractivity contribution in [3.8, 4) is 0 Å². The number of rotatable bonds is 6. The van der Waals surface area contributed by atoms with E-state index in [-0.39, 0.29) is 17.6 Å².